The average Bonchev–Trinajstić information content (AvgIpc) is 2.57. The van der Waals surface area contributed by atoms with Gasteiger partial charge in [-0.1, -0.05) is 48.5 Å². The fourth-order valence-electron chi connectivity index (χ4n) is 3.50. The Morgan fingerprint density at radius 2 is 1.39 bits per heavy atom. The molecule has 0 unspecified atom stereocenters. The molecule has 1 N–H and O–H groups in total. The quantitative estimate of drug-likeness (QED) is 0.162. The number of halogens is 5. The molecule has 11 heteroatoms. The van der Waals surface area contributed by atoms with Gasteiger partial charge in [-0.25, -0.2) is 4.79 Å². The molecule has 0 saturated heterocycles. The highest BCUT2D eigenvalue weighted by atomic mass is 28.4. The Morgan fingerprint density at radius 1 is 0.939 bits per heavy atom. The molecule has 0 heterocycles. The van der Waals surface area contributed by atoms with Crippen LogP contribution in [0.2, 0.25) is 35.3 Å². The van der Waals surface area contributed by atoms with Crippen LogP contribution in [-0.4, -0.2) is 52.0 Å². The van der Waals surface area contributed by atoms with Crippen LogP contribution in [0.4, 0.5) is 22.0 Å². The van der Waals surface area contributed by atoms with Gasteiger partial charge in [-0.3, -0.25) is 0 Å². The van der Waals surface area contributed by atoms with E-state index in [-0.39, 0.29) is 16.1 Å². The fraction of sp³-hybridized carbons (Fsp3) is 0.864. The Labute approximate surface area is 197 Å². The molecule has 0 fully saturated rings. The predicted molar refractivity (Wildman–Crippen MR) is 126 cm³/mol. The maximum atomic E-state index is 13.8. The van der Waals surface area contributed by atoms with E-state index in [1.165, 1.54) is 6.08 Å². The number of rotatable bonds is 12. The number of aliphatic carboxylic acids is 1. The van der Waals surface area contributed by atoms with Gasteiger partial charge in [-0.2, -0.15) is 22.0 Å². The number of hydrogen-bond donors (Lipinski definition) is 1. The SMILES string of the molecule is CC(C)[Si](CCC(F)(F)C(F)(F)F)(O[C@H](/C=C/C(=O)O)[C@@H](C)O[Si](C)(C)C(C)(C)C)C(C)C. The Kier molecular flexibility index (Phi) is 11.0. The second kappa shape index (κ2) is 11.3. The third-order valence-corrected chi connectivity index (χ3v) is 17.0. The second-order valence-electron chi connectivity index (χ2n) is 10.8. The number of carbonyl (C=O) groups is 1. The molecule has 0 spiro atoms. The summed E-state index contributed by atoms with van der Waals surface area (Å²) in [6, 6.07) is -0.418. The lowest BCUT2D eigenvalue weighted by atomic mass is 10.2. The van der Waals surface area contributed by atoms with Crippen LogP contribution in [0, 0.1) is 0 Å². The van der Waals surface area contributed by atoms with Crippen LogP contribution < -0.4 is 0 Å². The van der Waals surface area contributed by atoms with Crippen molar-refractivity contribution in [2.75, 3.05) is 0 Å². The van der Waals surface area contributed by atoms with E-state index in [4.69, 9.17) is 14.0 Å². The lowest BCUT2D eigenvalue weighted by Crippen LogP contribution is -2.53. The van der Waals surface area contributed by atoms with E-state index < -0.39 is 59.4 Å². The van der Waals surface area contributed by atoms with Crippen molar-refractivity contribution in [1.29, 1.82) is 0 Å². The van der Waals surface area contributed by atoms with Crippen LogP contribution in [0.5, 0.6) is 0 Å². The van der Waals surface area contributed by atoms with Crippen molar-refractivity contribution < 1.29 is 40.7 Å². The summed E-state index contributed by atoms with van der Waals surface area (Å²) in [5.41, 5.74) is -0.579. The smallest absolute Gasteiger partial charge is 0.453 e. The lowest BCUT2D eigenvalue weighted by molar-refractivity contribution is -0.282. The van der Waals surface area contributed by atoms with Crippen molar-refractivity contribution >= 4 is 22.6 Å². The van der Waals surface area contributed by atoms with E-state index in [0.717, 1.165) is 6.08 Å². The van der Waals surface area contributed by atoms with Crippen LogP contribution >= 0.6 is 0 Å². The lowest BCUT2D eigenvalue weighted by Gasteiger charge is -2.45. The molecule has 196 valence electrons. The van der Waals surface area contributed by atoms with Gasteiger partial charge in [0.1, 0.15) is 0 Å². The van der Waals surface area contributed by atoms with Crippen molar-refractivity contribution in [2.24, 2.45) is 0 Å². The van der Waals surface area contributed by atoms with Gasteiger partial charge in [0.05, 0.1) is 12.2 Å². The molecule has 4 nitrogen and oxygen atoms in total. The van der Waals surface area contributed by atoms with E-state index >= 15 is 0 Å². The third-order valence-electron chi connectivity index (χ3n) is 6.73. The molecular weight excluding hydrogens is 479 g/mol. The highest BCUT2D eigenvalue weighted by Gasteiger charge is 2.59. The zero-order chi connectivity index (χ0) is 26.6. The monoisotopic (exact) mass is 520 g/mol. The Morgan fingerprint density at radius 3 is 1.73 bits per heavy atom. The van der Waals surface area contributed by atoms with Gasteiger partial charge in [-0.05, 0) is 48.3 Å². The van der Waals surface area contributed by atoms with E-state index in [2.05, 4.69) is 0 Å². The Balaban J connectivity index is 6.22. The van der Waals surface area contributed by atoms with Crippen molar-refractivity contribution in [3.8, 4) is 0 Å². The van der Waals surface area contributed by atoms with Gasteiger partial charge in [-0.15, -0.1) is 0 Å². The molecule has 0 aliphatic heterocycles. The Hall–Kier alpha value is -0.786. The van der Waals surface area contributed by atoms with Gasteiger partial charge < -0.3 is 14.0 Å². The van der Waals surface area contributed by atoms with Crippen molar-refractivity contribution in [3.63, 3.8) is 0 Å². The molecule has 0 aliphatic rings. The maximum absolute atomic E-state index is 13.8. The number of alkyl halides is 5. The van der Waals surface area contributed by atoms with Crippen molar-refractivity contribution in [3.05, 3.63) is 12.2 Å². The van der Waals surface area contributed by atoms with Gasteiger partial charge in [0.15, 0.2) is 16.6 Å². The summed E-state index contributed by atoms with van der Waals surface area (Å²) in [4.78, 5) is 11.2. The third kappa shape index (κ3) is 8.74. The highest BCUT2D eigenvalue weighted by Crippen LogP contribution is 2.46. The van der Waals surface area contributed by atoms with Gasteiger partial charge in [0.2, 0.25) is 0 Å². The van der Waals surface area contributed by atoms with Crippen molar-refractivity contribution in [2.45, 2.75) is 121 Å². The summed E-state index contributed by atoms with van der Waals surface area (Å²) in [7, 11) is -5.55. The maximum Gasteiger partial charge on any atom is 0.453 e. The standard InChI is InChI=1S/C22H41F5O4Si2/c1-15(2)33(16(3)4,14-13-21(23,24)22(25,26)27)31-18(11-12-19(28)29)17(5)30-32(9,10)20(6,7)8/h11-12,15-18H,13-14H2,1-10H3,(H,28,29)/b12-11+/t17-,18-/m1/s1. The number of hydrogen-bond acceptors (Lipinski definition) is 3. The summed E-state index contributed by atoms with van der Waals surface area (Å²) in [6.07, 6.45) is -6.30. The molecule has 0 bridgehead atoms. The average molecular weight is 521 g/mol. The summed E-state index contributed by atoms with van der Waals surface area (Å²) >= 11 is 0. The molecule has 33 heavy (non-hydrogen) atoms. The molecular formula is C22H41F5O4Si2. The summed E-state index contributed by atoms with van der Waals surface area (Å²) in [6.45, 7) is 18.9. The molecule has 0 radical (unpaired) electrons. The highest BCUT2D eigenvalue weighted by molar-refractivity contribution is 6.76. The minimum absolute atomic E-state index is 0.151. The van der Waals surface area contributed by atoms with Gasteiger partial charge >= 0.3 is 18.1 Å². The minimum atomic E-state index is -5.64. The zero-order valence-corrected chi connectivity index (χ0v) is 23.4. The molecule has 0 aliphatic carbocycles. The van der Waals surface area contributed by atoms with Crippen molar-refractivity contribution in [1.82, 2.24) is 0 Å². The first-order valence-electron chi connectivity index (χ1n) is 11.2. The molecule has 0 rings (SSSR count). The molecule has 0 saturated carbocycles. The summed E-state index contributed by atoms with van der Waals surface area (Å²) in [5, 5.41) is 8.98. The van der Waals surface area contributed by atoms with E-state index in [0.29, 0.717) is 0 Å². The summed E-state index contributed by atoms with van der Waals surface area (Å²) < 4.78 is 79.0. The first-order valence-corrected chi connectivity index (χ1v) is 16.4. The second-order valence-corrected chi connectivity index (χ2v) is 20.5. The predicted octanol–water partition coefficient (Wildman–Crippen LogP) is 7.78. The van der Waals surface area contributed by atoms with E-state index in [9.17, 15) is 26.7 Å². The molecule has 2 atom stereocenters. The van der Waals surface area contributed by atoms with Crippen LogP contribution in [0.3, 0.4) is 0 Å². The minimum Gasteiger partial charge on any atom is -0.478 e. The molecule has 0 aromatic rings. The van der Waals surface area contributed by atoms with Gasteiger partial charge in [0, 0.05) is 12.5 Å². The Bertz CT molecular complexity index is 663. The normalized spacial score (nSPS) is 16.6. The van der Waals surface area contributed by atoms with E-state index in [1.54, 1.807) is 34.6 Å². The van der Waals surface area contributed by atoms with Crippen LogP contribution in [0.25, 0.3) is 0 Å². The number of carboxylic acid groups (broad SMARTS) is 1. The van der Waals surface area contributed by atoms with Crippen LogP contribution in [0.15, 0.2) is 12.2 Å². The topological polar surface area (TPSA) is 55.8 Å². The first kappa shape index (κ1) is 32.2. The van der Waals surface area contributed by atoms with Gasteiger partial charge in [0.25, 0.3) is 0 Å². The molecule has 0 amide bonds. The largest absolute Gasteiger partial charge is 0.478 e. The molecule has 0 aromatic carbocycles. The number of carboxylic acids is 1. The van der Waals surface area contributed by atoms with Crippen LogP contribution in [-0.2, 0) is 13.6 Å². The fourth-order valence-corrected chi connectivity index (χ4v) is 9.55. The zero-order valence-electron chi connectivity index (χ0n) is 21.4. The first-order chi connectivity index (χ1) is 14.5. The van der Waals surface area contributed by atoms with E-state index in [1.807, 2.05) is 33.9 Å². The van der Waals surface area contributed by atoms with Crippen LogP contribution in [0.1, 0.15) is 61.8 Å². The molecule has 0 aromatic heterocycles. The summed E-state index contributed by atoms with van der Waals surface area (Å²) in [5.74, 6) is -6.04.